The van der Waals surface area contributed by atoms with Gasteiger partial charge < -0.3 is 14.8 Å². The fourth-order valence-electron chi connectivity index (χ4n) is 3.82. The van der Waals surface area contributed by atoms with Gasteiger partial charge in [0.15, 0.2) is 0 Å². The van der Waals surface area contributed by atoms with E-state index in [2.05, 4.69) is 5.32 Å². The van der Waals surface area contributed by atoms with Gasteiger partial charge in [-0.1, -0.05) is 12.8 Å². The monoisotopic (exact) mass is 343 g/mol. The molecule has 0 radical (unpaired) electrons. The second-order valence-electron chi connectivity index (χ2n) is 6.82. The fraction of sp³-hybridized carbons (Fsp3) is 0.667. The molecule has 1 aromatic rings. The highest BCUT2D eigenvalue weighted by molar-refractivity contribution is 5.48. The molecule has 6 heteroatoms. The zero-order valence-corrected chi connectivity index (χ0v) is 14.1. The van der Waals surface area contributed by atoms with Crippen molar-refractivity contribution in [2.75, 3.05) is 7.11 Å². The Hall–Kier alpha value is -1.43. The molecule has 1 fully saturated rings. The highest BCUT2D eigenvalue weighted by Crippen LogP contribution is 2.39. The normalized spacial score (nSPS) is 26.8. The van der Waals surface area contributed by atoms with Crippen LogP contribution in [0.2, 0.25) is 0 Å². The number of halogens is 3. The Bertz CT molecular complexity index is 588. The summed E-state index contributed by atoms with van der Waals surface area (Å²) in [6.45, 7) is 2.35. The van der Waals surface area contributed by atoms with Crippen LogP contribution in [0.1, 0.15) is 43.7 Å². The van der Waals surface area contributed by atoms with E-state index in [-0.39, 0.29) is 12.5 Å². The zero-order chi connectivity index (χ0) is 17.3. The molecular weight excluding hydrogens is 319 g/mol. The lowest BCUT2D eigenvalue weighted by Gasteiger charge is -2.33. The molecular formula is C18H24F3NO2. The Morgan fingerprint density at radius 2 is 2.00 bits per heavy atom. The second kappa shape index (κ2) is 6.82. The molecule has 1 N–H and O–H groups in total. The van der Waals surface area contributed by atoms with Crippen molar-refractivity contribution in [3.05, 3.63) is 23.3 Å². The number of hydrogen-bond acceptors (Lipinski definition) is 3. The van der Waals surface area contributed by atoms with Crippen molar-refractivity contribution >= 4 is 0 Å². The molecule has 0 amide bonds. The third-order valence-electron chi connectivity index (χ3n) is 5.04. The quantitative estimate of drug-likeness (QED) is 0.887. The summed E-state index contributed by atoms with van der Waals surface area (Å²) in [6, 6.07) is 3.31. The van der Waals surface area contributed by atoms with Crippen molar-refractivity contribution in [2.45, 2.75) is 63.9 Å². The van der Waals surface area contributed by atoms with Gasteiger partial charge in [0, 0.05) is 30.1 Å². The minimum atomic E-state index is -4.14. The average Bonchev–Trinajstić information content (AvgIpc) is 2.90. The van der Waals surface area contributed by atoms with E-state index in [9.17, 15) is 13.2 Å². The van der Waals surface area contributed by atoms with Crippen LogP contribution in [0.4, 0.5) is 13.2 Å². The molecule has 3 rings (SSSR count). The molecule has 134 valence electrons. The maximum Gasteiger partial charge on any atom is 0.393 e. The van der Waals surface area contributed by atoms with Crippen LogP contribution >= 0.6 is 0 Å². The van der Waals surface area contributed by atoms with Gasteiger partial charge in [0.05, 0.1) is 13.0 Å². The molecule has 1 heterocycles. The lowest BCUT2D eigenvalue weighted by molar-refractivity contribution is -0.189. The smallest absolute Gasteiger partial charge is 0.393 e. The van der Waals surface area contributed by atoms with Crippen molar-refractivity contribution in [2.24, 2.45) is 5.92 Å². The fourth-order valence-corrected chi connectivity index (χ4v) is 3.82. The Balaban J connectivity index is 1.73. The third-order valence-corrected chi connectivity index (χ3v) is 5.04. The van der Waals surface area contributed by atoms with Crippen LogP contribution in [0.15, 0.2) is 12.1 Å². The largest absolute Gasteiger partial charge is 0.496 e. The first-order valence-electron chi connectivity index (χ1n) is 8.55. The molecule has 24 heavy (non-hydrogen) atoms. The molecule has 0 spiro atoms. The number of rotatable bonds is 4. The van der Waals surface area contributed by atoms with Crippen LogP contribution in [-0.4, -0.2) is 25.4 Å². The van der Waals surface area contributed by atoms with Gasteiger partial charge in [0.1, 0.15) is 17.6 Å². The molecule has 2 aliphatic rings. The molecule has 1 aromatic carbocycles. The Labute approximate surface area is 140 Å². The van der Waals surface area contributed by atoms with Crippen LogP contribution in [0.25, 0.3) is 0 Å². The van der Waals surface area contributed by atoms with E-state index in [0.29, 0.717) is 25.1 Å². The Morgan fingerprint density at radius 3 is 2.71 bits per heavy atom. The Kier molecular flexibility index (Phi) is 4.95. The van der Waals surface area contributed by atoms with Gasteiger partial charge in [-0.3, -0.25) is 0 Å². The van der Waals surface area contributed by atoms with Gasteiger partial charge in [0.2, 0.25) is 0 Å². The standard InChI is InChI=1S/C18H24F3NO2/c1-11-7-12-8-16(23-2)13(9-17(12)24-11)10-22-15-6-4-3-5-14(15)18(19,20)21/h8-9,11,14-15,22H,3-7,10H2,1-2H3/t11-,14+,15-/m1/s1. The summed E-state index contributed by atoms with van der Waals surface area (Å²) in [5.41, 5.74) is 1.94. The van der Waals surface area contributed by atoms with Crippen molar-refractivity contribution in [1.82, 2.24) is 5.32 Å². The third kappa shape index (κ3) is 3.63. The first kappa shape index (κ1) is 17.4. The summed E-state index contributed by atoms with van der Waals surface area (Å²) in [7, 11) is 1.59. The van der Waals surface area contributed by atoms with Gasteiger partial charge in [-0.15, -0.1) is 0 Å². The van der Waals surface area contributed by atoms with Gasteiger partial charge in [-0.25, -0.2) is 0 Å². The first-order valence-corrected chi connectivity index (χ1v) is 8.55. The molecule has 3 nitrogen and oxygen atoms in total. The summed E-state index contributed by atoms with van der Waals surface area (Å²) in [5.74, 6) is 0.261. The van der Waals surface area contributed by atoms with Gasteiger partial charge >= 0.3 is 6.18 Å². The van der Waals surface area contributed by atoms with Crippen molar-refractivity contribution in [3.63, 3.8) is 0 Å². The molecule has 0 unspecified atom stereocenters. The predicted molar refractivity (Wildman–Crippen MR) is 85.4 cm³/mol. The zero-order valence-electron chi connectivity index (χ0n) is 14.1. The number of nitrogens with one attached hydrogen (secondary N) is 1. The van der Waals surface area contributed by atoms with Crippen LogP contribution in [0, 0.1) is 5.92 Å². The average molecular weight is 343 g/mol. The first-order chi connectivity index (χ1) is 11.4. The molecule has 0 aromatic heterocycles. The van der Waals surface area contributed by atoms with Crippen molar-refractivity contribution in [3.8, 4) is 11.5 Å². The summed E-state index contributed by atoms with van der Waals surface area (Å²) >= 11 is 0. The lowest BCUT2D eigenvalue weighted by Crippen LogP contribution is -2.45. The molecule has 0 bridgehead atoms. The maximum atomic E-state index is 13.2. The van der Waals surface area contributed by atoms with E-state index >= 15 is 0 Å². The Morgan fingerprint density at radius 1 is 1.25 bits per heavy atom. The molecule has 1 saturated carbocycles. The van der Waals surface area contributed by atoms with E-state index in [4.69, 9.17) is 9.47 Å². The highest BCUT2D eigenvalue weighted by atomic mass is 19.4. The van der Waals surface area contributed by atoms with E-state index in [1.165, 1.54) is 0 Å². The van der Waals surface area contributed by atoms with Crippen LogP contribution in [0.3, 0.4) is 0 Å². The molecule has 0 saturated heterocycles. The predicted octanol–water partition coefficient (Wildman–Crippen LogP) is 4.23. The maximum absolute atomic E-state index is 13.2. The van der Waals surface area contributed by atoms with Gasteiger partial charge in [-0.2, -0.15) is 13.2 Å². The van der Waals surface area contributed by atoms with Crippen molar-refractivity contribution in [1.29, 1.82) is 0 Å². The summed E-state index contributed by atoms with van der Waals surface area (Å²) in [6.07, 6.45) is -0.922. The topological polar surface area (TPSA) is 30.5 Å². The van der Waals surface area contributed by atoms with Gasteiger partial charge in [-0.05, 0) is 31.9 Å². The number of alkyl halides is 3. The summed E-state index contributed by atoms with van der Waals surface area (Å²) < 4.78 is 50.8. The number of hydrogen-bond donors (Lipinski definition) is 1. The van der Waals surface area contributed by atoms with Crippen molar-refractivity contribution < 1.29 is 22.6 Å². The van der Waals surface area contributed by atoms with E-state index < -0.39 is 18.1 Å². The molecule has 3 atom stereocenters. The number of fused-ring (bicyclic) bond motifs is 1. The highest BCUT2D eigenvalue weighted by Gasteiger charge is 2.45. The number of methoxy groups -OCH3 is 1. The summed E-state index contributed by atoms with van der Waals surface area (Å²) in [5, 5.41) is 3.12. The molecule has 1 aliphatic carbocycles. The number of ether oxygens (including phenoxy) is 2. The second-order valence-corrected chi connectivity index (χ2v) is 6.82. The molecule has 1 aliphatic heterocycles. The minimum Gasteiger partial charge on any atom is -0.496 e. The summed E-state index contributed by atoms with van der Waals surface area (Å²) in [4.78, 5) is 0. The van der Waals surface area contributed by atoms with E-state index in [1.807, 2.05) is 19.1 Å². The van der Waals surface area contributed by atoms with Crippen LogP contribution < -0.4 is 14.8 Å². The van der Waals surface area contributed by atoms with Gasteiger partial charge in [0.25, 0.3) is 0 Å². The SMILES string of the molecule is COc1cc2c(cc1CN[C@@H]1CCCC[C@@H]1C(F)(F)F)O[C@H](C)C2. The van der Waals surface area contributed by atoms with E-state index in [1.54, 1.807) is 7.11 Å². The lowest BCUT2D eigenvalue weighted by atomic mass is 9.84. The number of benzene rings is 1. The van der Waals surface area contributed by atoms with Crippen LogP contribution in [-0.2, 0) is 13.0 Å². The van der Waals surface area contributed by atoms with E-state index in [0.717, 1.165) is 29.7 Å². The minimum absolute atomic E-state index is 0.126. The van der Waals surface area contributed by atoms with Crippen LogP contribution in [0.5, 0.6) is 11.5 Å².